The highest BCUT2D eigenvalue weighted by molar-refractivity contribution is 5.99. The van der Waals surface area contributed by atoms with Crippen LogP contribution in [0.5, 0.6) is 0 Å². The second kappa shape index (κ2) is 8.02. The van der Waals surface area contributed by atoms with Crippen molar-refractivity contribution in [3.8, 4) is 0 Å². The van der Waals surface area contributed by atoms with Crippen molar-refractivity contribution in [2.75, 3.05) is 17.2 Å². The molecule has 4 heteroatoms. The summed E-state index contributed by atoms with van der Waals surface area (Å²) in [5.74, 6) is 0. The molecule has 0 heterocycles. The summed E-state index contributed by atoms with van der Waals surface area (Å²) in [6, 6.07) is 26.8. The van der Waals surface area contributed by atoms with Gasteiger partial charge >= 0.3 is 6.03 Å². The van der Waals surface area contributed by atoms with Crippen molar-refractivity contribution in [3.63, 3.8) is 0 Å². The minimum atomic E-state index is -0.160. The lowest BCUT2D eigenvalue weighted by molar-refractivity contribution is 0.248. The molecule has 0 bridgehead atoms. The molecule has 0 aliphatic rings. The number of carbonyl (C=O) groups is 1. The van der Waals surface area contributed by atoms with Crippen LogP contribution < -0.4 is 16.0 Å². The van der Waals surface area contributed by atoms with E-state index in [1.807, 2.05) is 60.7 Å². The topological polar surface area (TPSA) is 58.4 Å². The maximum absolute atomic E-state index is 12.8. The molecule has 0 saturated carbocycles. The van der Waals surface area contributed by atoms with E-state index >= 15 is 0 Å². The lowest BCUT2D eigenvalue weighted by atomic mass is 10.1. The maximum Gasteiger partial charge on any atom is 0.326 e. The standard InChI is InChI=1S/C21H21N3O/c22-18-11-13-20(14-12-18)24(19-9-5-2-6-10-19)21(25)23-16-15-17-7-3-1-4-8-17/h1-14H,15-16,22H2,(H,23,25). The number of rotatable bonds is 5. The molecule has 0 spiro atoms. The van der Waals surface area contributed by atoms with Crippen molar-refractivity contribution < 1.29 is 4.79 Å². The summed E-state index contributed by atoms with van der Waals surface area (Å²) in [7, 11) is 0. The summed E-state index contributed by atoms with van der Waals surface area (Å²) in [6.07, 6.45) is 0.789. The molecule has 0 fully saturated rings. The Morgan fingerprint density at radius 1 is 0.800 bits per heavy atom. The predicted octanol–water partition coefficient (Wildman–Crippen LogP) is 4.36. The van der Waals surface area contributed by atoms with Gasteiger partial charge in [-0.1, -0.05) is 48.5 Å². The minimum absolute atomic E-state index is 0.160. The zero-order chi connectivity index (χ0) is 17.5. The summed E-state index contributed by atoms with van der Waals surface area (Å²) >= 11 is 0. The van der Waals surface area contributed by atoms with Gasteiger partial charge in [-0.3, -0.25) is 4.90 Å². The second-order valence-corrected chi connectivity index (χ2v) is 5.73. The van der Waals surface area contributed by atoms with Gasteiger partial charge in [0.15, 0.2) is 0 Å². The monoisotopic (exact) mass is 331 g/mol. The van der Waals surface area contributed by atoms with E-state index in [2.05, 4.69) is 17.4 Å². The fourth-order valence-electron chi connectivity index (χ4n) is 2.62. The normalized spacial score (nSPS) is 10.2. The van der Waals surface area contributed by atoms with E-state index in [-0.39, 0.29) is 6.03 Å². The van der Waals surface area contributed by atoms with E-state index in [1.165, 1.54) is 5.56 Å². The smallest absolute Gasteiger partial charge is 0.326 e. The average molecular weight is 331 g/mol. The average Bonchev–Trinajstić information content (AvgIpc) is 2.65. The minimum Gasteiger partial charge on any atom is -0.399 e. The molecule has 0 unspecified atom stereocenters. The van der Waals surface area contributed by atoms with Gasteiger partial charge in [-0.05, 0) is 48.4 Å². The van der Waals surface area contributed by atoms with Crippen molar-refractivity contribution >= 4 is 23.1 Å². The molecule has 126 valence electrons. The van der Waals surface area contributed by atoms with Gasteiger partial charge in [0.25, 0.3) is 0 Å². The van der Waals surface area contributed by atoms with Gasteiger partial charge in [0, 0.05) is 12.2 Å². The van der Waals surface area contributed by atoms with E-state index in [0.717, 1.165) is 17.8 Å². The summed E-state index contributed by atoms with van der Waals surface area (Å²) in [6.45, 7) is 0.571. The third-order valence-electron chi connectivity index (χ3n) is 3.90. The van der Waals surface area contributed by atoms with Crippen molar-refractivity contribution in [1.82, 2.24) is 5.32 Å². The molecule has 3 N–H and O–H groups in total. The first-order valence-corrected chi connectivity index (χ1v) is 8.26. The predicted molar refractivity (Wildman–Crippen MR) is 103 cm³/mol. The number of anilines is 3. The third-order valence-corrected chi connectivity index (χ3v) is 3.90. The van der Waals surface area contributed by atoms with Crippen LogP contribution in [0, 0.1) is 0 Å². The summed E-state index contributed by atoms with van der Waals surface area (Å²) in [5.41, 5.74) is 9.22. The van der Waals surface area contributed by atoms with Crippen LogP contribution in [-0.4, -0.2) is 12.6 Å². The molecular weight excluding hydrogens is 310 g/mol. The summed E-state index contributed by atoms with van der Waals surface area (Å²) in [4.78, 5) is 14.5. The van der Waals surface area contributed by atoms with E-state index in [1.54, 1.807) is 17.0 Å². The van der Waals surface area contributed by atoms with Crippen LogP contribution in [0.1, 0.15) is 5.56 Å². The Bertz CT molecular complexity index is 802. The highest BCUT2D eigenvalue weighted by Crippen LogP contribution is 2.26. The Balaban J connectivity index is 1.74. The fraction of sp³-hybridized carbons (Fsp3) is 0.0952. The number of nitrogens with two attached hydrogens (primary N) is 1. The Morgan fingerprint density at radius 2 is 1.36 bits per heavy atom. The molecule has 25 heavy (non-hydrogen) atoms. The number of nitrogens with one attached hydrogen (secondary N) is 1. The van der Waals surface area contributed by atoms with Crippen LogP contribution >= 0.6 is 0 Å². The molecule has 0 aliphatic carbocycles. The number of urea groups is 1. The molecule has 0 atom stereocenters. The van der Waals surface area contributed by atoms with Gasteiger partial charge in [-0.2, -0.15) is 0 Å². The van der Waals surface area contributed by atoms with Crippen molar-refractivity contribution in [1.29, 1.82) is 0 Å². The van der Waals surface area contributed by atoms with Gasteiger partial charge in [-0.15, -0.1) is 0 Å². The zero-order valence-electron chi connectivity index (χ0n) is 13.9. The van der Waals surface area contributed by atoms with Crippen LogP contribution in [0.4, 0.5) is 21.9 Å². The van der Waals surface area contributed by atoms with Crippen LogP contribution in [-0.2, 0) is 6.42 Å². The molecule has 0 aliphatic heterocycles. The van der Waals surface area contributed by atoms with E-state index in [4.69, 9.17) is 5.73 Å². The van der Waals surface area contributed by atoms with Crippen LogP contribution in [0.3, 0.4) is 0 Å². The molecule has 2 amide bonds. The molecular formula is C21H21N3O. The Morgan fingerprint density at radius 3 is 2.00 bits per heavy atom. The van der Waals surface area contributed by atoms with Gasteiger partial charge in [-0.25, -0.2) is 4.79 Å². The highest BCUT2D eigenvalue weighted by atomic mass is 16.2. The lowest BCUT2D eigenvalue weighted by Crippen LogP contribution is -2.37. The number of nitrogens with zero attached hydrogens (tertiary/aromatic N) is 1. The summed E-state index contributed by atoms with van der Waals surface area (Å²) in [5, 5.41) is 3.00. The molecule has 0 radical (unpaired) electrons. The number of benzene rings is 3. The summed E-state index contributed by atoms with van der Waals surface area (Å²) < 4.78 is 0. The maximum atomic E-state index is 12.8. The van der Waals surface area contributed by atoms with E-state index < -0.39 is 0 Å². The molecule has 4 nitrogen and oxygen atoms in total. The van der Waals surface area contributed by atoms with Crippen LogP contribution in [0.15, 0.2) is 84.9 Å². The zero-order valence-corrected chi connectivity index (χ0v) is 13.9. The number of hydrogen-bond donors (Lipinski definition) is 2. The first-order chi connectivity index (χ1) is 12.2. The SMILES string of the molecule is Nc1ccc(N(C(=O)NCCc2ccccc2)c2ccccc2)cc1. The number of carbonyl (C=O) groups excluding carboxylic acids is 1. The lowest BCUT2D eigenvalue weighted by Gasteiger charge is -2.23. The van der Waals surface area contributed by atoms with Gasteiger partial charge in [0.1, 0.15) is 0 Å². The Kier molecular flexibility index (Phi) is 5.32. The quantitative estimate of drug-likeness (QED) is 0.683. The molecule has 3 aromatic rings. The first kappa shape index (κ1) is 16.6. The largest absolute Gasteiger partial charge is 0.399 e. The number of para-hydroxylation sites is 1. The van der Waals surface area contributed by atoms with Crippen LogP contribution in [0.25, 0.3) is 0 Å². The molecule has 0 aromatic heterocycles. The van der Waals surface area contributed by atoms with Gasteiger partial charge in [0.05, 0.1) is 11.4 Å². The molecule has 0 saturated heterocycles. The molecule has 3 aromatic carbocycles. The van der Waals surface area contributed by atoms with Crippen LogP contribution in [0.2, 0.25) is 0 Å². The van der Waals surface area contributed by atoms with Crippen molar-refractivity contribution in [3.05, 3.63) is 90.5 Å². The second-order valence-electron chi connectivity index (χ2n) is 5.73. The number of amides is 2. The van der Waals surface area contributed by atoms with E-state index in [9.17, 15) is 4.79 Å². The highest BCUT2D eigenvalue weighted by Gasteiger charge is 2.17. The molecule has 3 rings (SSSR count). The van der Waals surface area contributed by atoms with Gasteiger partial charge < -0.3 is 11.1 Å². The fourth-order valence-corrected chi connectivity index (χ4v) is 2.62. The third kappa shape index (κ3) is 4.38. The first-order valence-electron chi connectivity index (χ1n) is 8.26. The number of hydrogen-bond acceptors (Lipinski definition) is 2. The number of nitrogen functional groups attached to an aromatic ring is 1. The Hall–Kier alpha value is -3.27. The van der Waals surface area contributed by atoms with Crippen molar-refractivity contribution in [2.45, 2.75) is 6.42 Å². The Labute approximate surface area is 147 Å². The van der Waals surface area contributed by atoms with E-state index in [0.29, 0.717) is 12.2 Å². The van der Waals surface area contributed by atoms with Gasteiger partial charge in [0.2, 0.25) is 0 Å². The van der Waals surface area contributed by atoms with Crippen molar-refractivity contribution in [2.24, 2.45) is 0 Å².